The zero-order chi connectivity index (χ0) is 21.4. The summed E-state index contributed by atoms with van der Waals surface area (Å²) in [6.45, 7) is 1.29. The monoisotopic (exact) mass is 438 g/mol. The van der Waals surface area contributed by atoms with E-state index >= 15 is 0 Å². The van der Waals surface area contributed by atoms with Crippen molar-refractivity contribution in [1.29, 1.82) is 0 Å². The lowest BCUT2D eigenvalue weighted by Gasteiger charge is -2.30. The highest BCUT2D eigenvalue weighted by atomic mass is 35.5. The molecule has 0 unspecified atom stereocenters. The molecule has 31 heavy (non-hydrogen) atoms. The number of benzene rings is 2. The number of carbonyl (C=O) groups is 2. The van der Waals surface area contributed by atoms with Gasteiger partial charge in [0.15, 0.2) is 11.5 Å². The summed E-state index contributed by atoms with van der Waals surface area (Å²) in [5.41, 5.74) is 2.78. The summed E-state index contributed by atoms with van der Waals surface area (Å²) in [5, 5.41) is 6.31. The minimum absolute atomic E-state index is 0.00298. The molecule has 8 heteroatoms. The molecule has 1 aliphatic heterocycles. The van der Waals surface area contributed by atoms with Crippen molar-refractivity contribution in [2.75, 3.05) is 18.4 Å². The zero-order valence-corrected chi connectivity index (χ0v) is 17.7. The van der Waals surface area contributed by atoms with Crippen LogP contribution in [-0.4, -0.2) is 41.0 Å². The van der Waals surface area contributed by atoms with E-state index in [0.29, 0.717) is 41.3 Å². The number of rotatable bonds is 4. The van der Waals surface area contributed by atoms with Crippen LogP contribution >= 0.6 is 11.6 Å². The second-order valence-corrected chi connectivity index (χ2v) is 8.62. The quantitative estimate of drug-likeness (QED) is 0.613. The minimum Gasteiger partial charge on any atom is -0.440 e. The van der Waals surface area contributed by atoms with Crippen LogP contribution in [0, 0.1) is 0 Å². The number of piperidine rings is 1. The molecule has 2 N–H and O–H groups in total. The van der Waals surface area contributed by atoms with Gasteiger partial charge in [-0.25, -0.2) is 9.78 Å². The third-order valence-corrected chi connectivity index (χ3v) is 6.03. The molecule has 2 heterocycles. The summed E-state index contributed by atoms with van der Waals surface area (Å²) in [6, 6.07) is 12.6. The van der Waals surface area contributed by atoms with Gasteiger partial charge in [-0.2, -0.15) is 0 Å². The predicted molar refractivity (Wildman–Crippen MR) is 119 cm³/mol. The van der Waals surface area contributed by atoms with Crippen molar-refractivity contribution < 1.29 is 14.0 Å². The summed E-state index contributed by atoms with van der Waals surface area (Å²) >= 11 is 6.03. The van der Waals surface area contributed by atoms with E-state index in [-0.39, 0.29) is 17.9 Å². The van der Waals surface area contributed by atoms with Gasteiger partial charge in [-0.1, -0.05) is 11.6 Å². The van der Waals surface area contributed by atoms with Gasteiger partial charge in [-0.15, -0.1) is 0 Å². The molecule has 0 bridgehead atoms. The maximum atomic E-state index is 12.9. The molecule has 1 aliphatic carbocycles. The highest BCUT2D eigenvalue weighted by Crippen LogP contribution is 2.31. The van der Waals surface area contributed by atoms with E-state index in [4.69, 9.17) is 16.0 Å². The van der Waals surface area contributed by atoms with E-state index in [1.807, 2.05) is 11.0 Å². The van der Waals surface area contributed by atoms with E-state index in [2.05, 4.69) is 15.6 Å². The van der Waals surface area contributed by atoms with Gasteiger partial charge < -0.3 is 20.0 Å². The normalized spacial score (nSPS) is 17.0. The Balaban J connectivity index is 1.17. The number of oxazole rings is 1. The van der Waals surface area contributed by atoms with Crippen LogP contribution in [0.25, 0.3) is 11.1 Å². The fourth-order valence-corrected chi connectivity index (χ4v) is 4.05. The van der Waals surface area contributed by atoms with E-state index in [0.717, 1.165) is 36.8 Å². The zero-order valence-electron chi connectivity index (χ0n) is 16.9. The molecule has 2 aliphatic rings. The number of amides is 3. The number of likely N-dealkylation sites (tertiary alicyclic amines) is 1. The number of hydrogen-bond acceptors (Lipinski definition) is 4. The van der Waals surface area contributed by atoms with Gasteiger partial charge in [0, 0.05) is 41.3 Å². The Morgan fingerprint density at radius 1 is 1.03 bits per heavy atom. The van der Waals surface area contributed by atoms with Crippen molar-refractivity contribution >= 4 is 40.3 Å². The number of nitrogens with one attached hydrogen (secondary N) is 2. The molecule has 7 nitrogen and oxygen atoms in total. The summed E-state index contributed by atoms with van der Waals surface area (Å²) in [5.74, 6) is 0.896. The molecule has 2 aromatic carbocycles. The molecular weight excluding hydrogens is 416 g/mol. The van der Waals surface area contributed by atoms with Crippen molar-refractivity contribution in [3.05, 3.63) is 58.9 Å². The number of halogens is 1. The van der Waals surface area contributed by atoms with Gasteiger partial charge in [-0.3, -0.25) is 4.79 Å². The molecule has 3 amide bonds. The van der Waals surface area contributed by atoms with Gasteiger partial charge in [0.1, 0.15) is 5.52 Å². The Morgan fingerprint density at radius 3 is 2.48 bits per heavy atom. The van der Waals surface area contributed by atoms with Crippen molar-refractivity contribution in [3.8, 4) is 0 Å². The summed E-state index contributed by atoms with van der Waals surface area (Å²) in [6.07, 6.45) is 3.68. The fraction of sp³-hybridized carbons (Fsp3) is 0.348. The molecule has 1 saturated heterocycles. The van der Waals surface area contributed by atoms with Gasteiger partial charge in [0.2, 0.25) is 0 Å². The van der Waals surface area contributed by atoms with Crippen LogP contribution in [0.1, 0.15) is 47.8 Å². The number of aromatic nitrogens is 1. The average Bonchev–Trinajstić information content (AvgIpc) is 3.49. The number of fused-ring (bicyclic) bond motifs is 1. The van der Waals surface area contributed by atoms with Crippen molar-refractivity contribution in [3.63, 3.8) is 0 Å². The van der Waals surface area contributed by atoms with E-state index in [9.17, 15) is 9.59 Å². The lowest BCUT2D eigenvalue weighted by atomic mass is 9.96. The summed E-state index contributed by atoms with van der Waals surface area (Å²) in [4.78, 5) is 31.2. The van der Waals surface area contributed by atoms with Crippen LogP contribution in [0.4, 0.5) is 10.5 Å². The molecule has 3 aromatic rings. The van der Waals surface area contributed by atoms with Crippen molar-refractivity contribution in [1.82, 2.24) is 15.2 Å². The molecule has 1 saturated carbocycles. The Bertz CT molecular complexity index is 1120. The highest BCUT2D eigenvalue weighted by molar-refractivity contribution is 6.31. The van der Waals surface area contributed by atoms with Gasteiger partial charge in [-0.05, 0) is 68.1 Å². The first-order valence-electron chi connectivity index (χ1n) is 10.6. The van der Waals surface area contributed by atoms with Crippen LogP contribution in [0.2, 0.25) is 5.02 Å². The second-order valence-electron chi connectivity index (χ2n) is 8.18. The standard InChI is InChI=1S/C23H23ClN4O3/c24-16-3-8-20-19(13-16)27-21(31-20)14-9-11-28(12-10-14)22(29)15-1-4-17(5-2-15)25-23(30)26-18-6-7-18/h1-5,8,13-14,18H,6-7,9-12H2,(H2,25,26,30). The molecular formula is C23H23ClN4O3. The highest BCUT2D eigenvalue weighted by Gasteiger charge is 2.28. The Kier molecular flexibility index (Phi) is 5.28. The van der Waals surface area contributed by atoms with E-state index < -0.39 is 0 Å². The third-order valence-electron chi connectivity index (χ3n) is 5.80. The number of carbonyl (C=O) groups excluding carboxylic acids is 2. The fourth-order valence-electron chi connectivity index (χ4n) is 3.88. The minimum atomic E-state index is -0.204. The average molecular weight is 439 g/mol. The molecule has 2 fully saturated rings. The molecule has 0 radical (unpaired) electrons. The number of urea groups is 1. The molecule has 0 atom stereocenters. The van der Waals surface area contributed by atoms with Crippen molar-refractivity contribution in [2.24, 2.45) is 0 Å². The van der Waals surface area contributed by atoms with Crippen molar-refractivity contribution in [2.45, 2.75) is 37.6 Å². The van der Waals surface area contributed by atoms with E-state index in [1.54, 1.807) is 36.4 Å². The molecule has 160 valence electrons. The first-order valence-corrected chi connectivity index (χ1v) is 11.0. The predicted octanol–water partition coefficient (Wildman–Crippen LogP) is 4.78. The number of nitrogens with zero attached hydrogens (tertiary/aromatic N) is 2. The van der Waals surface area contributed by atoms with Crippen LogP contribution in [-0.2, 0) is 0 Å². The van der Waals surface area contributed by atoms with Gasteiger partial charge >= 0.3 is 6.03 Å². The largest absolute Gasteiger partial charge is 0.440 e. The Morgan fingerprint density at radius 2 is 1.77 bits per heavy atom. The molecule has 1 aromatic heterocycles. The van der Waals surface area contributed by atoms with Crippen LogP contribution in [0.5, 0.6) is 0 Å². The SMILES string of the molecule is O=C(Nc1ccc(C(=O)N2CCC(c3nc4cc(Cl)ccc4o3)CC2)cc1)NC1CC1. The molecule has 0 spiro atoms. The molecule has 5 rings (SSSR count). The number of hydrogen-bond donors (Lipinski definition) is 2. The van der Waals surface area contributed by atoms with Gasteiger partial charge in [0.25, 0.3) is 5.91 Å². The van der Waals surface area contributed by atoms with Crippen LogP contribution in [0.3, 0.4) is 0 Å². The first-order chi connectivity index (χ1) is 15.0. The van der Waals surface area contributed by atoms with Crippen LogP contribution in [0.15, 0.2) is 46.9 Å². The van der Waals surface area contributed by atoms with E-state index in [1.165, 1.54) is 0 Å². The smallest absolute Gasteiger partial charge is 0.319 e. The maximum absolute atomic E-state index is 12.9. The lowest BCUT2D eigenvalue weighted by Crippen LogP contribution is -2.38. The maximum Gasteiger partial charge on any atom is 0.319 e. The first kappa shape index (κ1) is 19.9. The summed E-state index contributed by atoms with van der Waals surface area (Å²) < 4.78 is 5.90. The lowest BCUT2D eigenvalue weighted by molar-refractivity contribution is 0.0706. The summed E-state index contributed by atoms with van der Waals surface area (Å²) in [7, 11) is 0. The Hall–Kier alpha value is -3.06. The Labute approximate surface area is 184 Å². The third kappa shape index (κ3) is 4.51. The van der Waals surface area contributed by atoms with Gasteiger partial charge in [0.05, 0.1) is 0 Å². The second kappa shape index (κ2) is 8.23. The van der Waals surface area contributed by atoms with Crippen LogP contribution < -0.4 is 10.6 Å². The topological polar surface area (TPSA) is 87.5 Å². The number of anilines is 1.